The summed E-state index contributed by atoms with van der Waals surface area (Å²) in [5, 5.41) is 54.4. The largest absolute Gasteiger partial charge is 0.466 e. The number of nitrogens with one attached hydrogen (secondary N) is 1. The van der Waals surface area contributed by atoms with Crippen LogP contribution in [0.5, 0.6) is 0 Å². The minimum absolute atomic E-state index is 0.0205. The van der Waals surface area contributed by atoms with Gasteiger partial charge in [0.2, 0.25) is 5.91 Å². The molecule has 6 N–H and O–H groups in total. The summed E-state index contributed by atoms with van der Waals surface area (Å²) in [5.74, 6) is -0.156. The molecular weight excluding hydrogens is 1150 g/mol. The van der Waals surface area contributed by atoms with Crippen molar-refractivity contribution < 1.29 is 49.3 Å². The summed E-state index contributed by atoms with van der Waals surface area (Å²) in [6.07, 6.45) is 80.9. The lowest BCUT2D eigenvalue weighted by Crippen LogP contribution is -2.60. The monoisotopic (exact) mass is 1300 g/mol. The van der Waals surface area contributed by atoms with Crippen LogP contribution in [0, 0.1) is 0 Å². The van der Waals surface area contributed by atoms with Gasteiger partial charge in [-0.3, -0.25) is 9.59 Å². The van der Waals surface area contributed by atoms with Crippen molar-refractivity contribution >= 4 is 11.9 Å². The van der Waals surface area contributed by atoms with E-state index in [0.717, 1.165) is 51.4 Å². The van der Waals surface area contributed by atoms with E-state index in [1.165, 1.54) is 340 Å². The second-order valence-electron chi connectivity index (χ2n) is 28.5. The van der Waals surface area contributed by atoms with Crippen molar-refractivity contribution in [1.29, 1.82) is 0 Å². The van der Waals surface area contributed by atoms with Crippen molar-refractivity contribution in [2.75, 3.05) is 19.8 Å². The van der Waals surface area contributed by atoms with Gasteiger partial charge in [-0.05, 0) is 57.8 Å². The number of aliphatic hydroxyl groups is 5. The fraction of sp³-hybridized carbons (Fsp3) is 0.926. The third-order valence-electron chi connectivity index (χ3n) is 19.6. The van der Waals surface area contributed by atoms with E-state index in [-0.39, 0.29) is 18.5 Å². The van der Waals surface area contributed by atoms with E-state index in [1.807, 2.05) is 6.08 Å². The molecule has 0 aromatic heterocycles. The predicted molar refractivity (Wildman–Crippen MR) is 389 cm³/mol. The van der Waals surface area contributed by atoms with Crippen LogP contribution in [-0.4, -0.2) is 100 Å². The highest BCUT2D eigenvalue weighted by Gasteiger charge is 2.44. The van der Waals surface area contributed by atoms with Crippen LogP contribution < -0.4 is 5.32 Å². The molecule has 1 aliphatic heterocycles. The van der Waals surface area contributed by atoms with E-state index in [9.17, 15) is 35.1 Å². The van der Waals surface area contributed by atoms with Gasteiger partial charge in [0.1, 0.15) is 24.4 Å². The molecule has 7 unspecified atom stereocenters. The lowest BCUT2D eigenvalue weighted by atomic mass is 9.99. The number of hydrogen-bond acceptors (Lipinski definition) is 10. The summed E-state index contributed by atoms with van der Waals surface area (Å²) in [4.78, 5) is 25.1. The number of aliphatic hydroxyl groups excluding tert-OH is 5. The van der Waals surface area contributed by atoms with Crippen molar-refractivity contribution in [3.05, 3.63) is 24.3 Å². The summed E-state index contributed by atoms with van der Waals surface area (Å²) in [7, 11) is 0. The standard InChI is InChI=1S/C81H155NO10/c1-3-5-7-9-11-13-15-16-42-46-49-53-57-61-65-69-77(86)90-70-66-62-58-54-50-47-44-41-39-37-35-33-31-29-27-25-23-21-19-17-18-20-22-24-26-28-30-32-34-36-38-40-43-45-48-52-56-60-64-68-76(85)82-73(72-91-81-80(89)79(88)78(87)75(71-83)92-81)74(84)67-63-59-55-51-14-12-10-8-6-4-2/h17-18,63,67,73-75,78-81,83-84,87-89H,3-16,19-62,64-66,68-72H2,1-2H3,(H,82,85)/b18-17-,67-63+. The van der Waals surface area contributed by atoms with Gasteiger partial charge in [0.05, 0.1) is 32.0 Å². The molecule has 0 radical (unpaired) electrons. The maximum atomic E-state index is 13.0. The number of carbonyl (C=O) groups excluding carboxylic acids is 2. The summed E-state index contributed by atoms with van der Waals surface area (Å²) in [6, 6.07) is -0.805. The zero-order valence-electron chi connectivity index (χ0n) is 60.8. The summed E-state index contributed by atoms with van der Waals surface area (Å²) < 4.78 is 16.8. The fourth-order valence-electron chi connectivity index (χ4n) is 13.2. The van der Waals surface area contributed by atoms with Crippen LogP contribution in [0.25, 0.3) is 0 Å². The van der Waals surface area contributed by atoms with E-state index < -0.39 is 49.5 Å². The van der Waals surface area contributed by atoms with Crippen molar-refractivity contribution in [3.8, 4) is 0 Å². The van der Waals surface area contributed by atoms with Gasteiger partial charge >= 0.3 is 5.97 Å². The van der Waals surface area contributed by atoms with Gasteiger partial charge in [0.25, 0.3) is 0 Å². The van der Waals surface area contributed by atoms with Gasteiger partial charge in [0.15, 0.2) is 6.29 Å². The zero-order chi connectivity index (χ0) is 66.5. The Kier molecular flexibility index (Phi) is 67.5. The van der Waals surface area contributed by atoms with Gasteiger partial charge in [-0.1, -0.05) is 372 Å². The van der Waals surface area contributed by atoms with E-state index in [2.05, 4.69) is 31.3 Å². The summed E-state index contributed by atoms with van der Waals surface area (Å²) in [5.41, 5.74) is 0. The van der Waals surface area contributed by atoms with Gasteiger partial charge in [-0.15, -0.1) is 0 Å². The van der Waals surface area contributed by atoms with Gasteiger partial charge in [0, 0.05) is 12.8 Å². The Hall–Kier alpha value is -1.86. The fourth-order valence-corrected chi connectivity index (χ4v) is 13.2. The van der Waals surface area contributed by atoms with Gasteiger partial charge in [-0.2, -0.15) is 0 Å². The average Bonchev–Trinajstić information content (AvgIpc) is 0.959. The van der Waals surface area contributed by atoms with Gasteiger partial charge in [-0.25, -0.2) is 0 Å². The second-order valence-corrected chi connectivity index (χ2v) is 28.5. The first-order valence-corrected chi connectivity index (χ1v) is 40.6. The average molecular weight is 1300 g/mol. The molecular formula is C81H155NO10. The van der Waals surface area contributed by atoms with Gasteiger partial charge < -0.3 is 45.1 Å². The highest BCUT2D eigenvalue weighted by Crippen LogP contribution is 2.24. The molecule has 1 amide bonds. The quantitative estimate of drug-likeness (QED) is 0.0195. The molecule has 1 rings (SSSR count). The molecule has 1 saturated heterocycles. The third-order valence-corrected chi connectivity index (χ3v) is 19.6. The molecule has 11 heteroatoms. The predicted octanol–water partition coefficient (Wildman–Crippen LogP) is 21.9. The molecule has 1 aliphatic rings. The normalized spacial score (nSPS) is 17.6. The molecule has 7 atom stereocenters. The Labute approximate surface area is 569 Å². The van der Waals surface area contributed by atoms with Crippen LogP contribution in [-0.2, 0) is 23.8 Å². The Morgan fingerprint density at radius 2 is 0.696 bits per heavy atom. The second kappa shape index (κ2) is 70.5. The SMILES string of the molecule is CCCCCCCCCC/C=C/C(O)C(COC1OC(CO)C(O)C(O)C1O)NC(=O)CCCCCCCCCCCCCCCCCCC/C=C\CCCCCCCCCCCCCCCCCCCCOC(=O)CCCCCCCCCCCCCCCCC. The Bertz CT molecular complexity index is 1580. The van der Waals surface area contributed by atoms with Crippen LogP contribution in [0.15, 0.2) is 24.3 Å². The minimum Gasteiger partial charge on any atom is -0.466 e. The first-order valence-electron chi connectivity index (χ1n) is 40.6. The molecule has 92 heavy (non-hydrogen) atoms. The first kappa shape index (κ1) is 88.2. The number of hydrogen-bond donors (Lipinski definition) is 6. The third kappa shape index (κ3) is 58.3. The van der Waals surface area contributed by atoms with E-state index in [1.54, 1.807) is 6.08 Å². The van der Waals surface area contributed by atoms with Crippen molar-refractivity contribution in [3.63, 3.8) is 0 Å². The lowest BCUT2D eigenvalue weighted by Gasteiger charge is -2.40. The molecule has 11 nitrogen and oxygen atoms in total. The first-order chi connectivity index (χ1) is 45.2. The number of amides is 1. The highest BCUT2D eigenvalue weighted by molar-refractivity contribution is 5.76. The number of allylic oxidation sites excluding steroid dienone is 3. The molecule has 1 fully saturated rings. The Balaban J connectivity index is 1.85. The van der Waals surface area contributed by atoms with E-state index in [0.29, 0.717) is 19.4 Å². The Morgan fingerprint density at radius 1 is 0.391 bits per heavy atom. The highest BCUT2D eigenvalue weighted by atomic mass is 16.7. The number of esters is 1. The van der Waals surface area contributed by atoms with Crippen molar-refractivity contribution in [2.24, 2.45) is 0 Å². The minimum atomic E-state index is -1.57. The number of ether oxygens (including phenoxy) is 3. The Morgan fingerprint density at radius 3 is 1.04 bits per heavy atom. The van der Waals surface area contributed by atoms with Crippen molar-refractivity contribution in [2.45, 2.75) is 461 Å². The lowest BCUT2D eigenvalue weighted by molar-refractivity contribution is -0.302. The number of rotatable bonds is 73. The number of carbonyl (C=O) groups is 2. The maximum absolute atomic E-state index is 13.0. The molecule has 0 aromatic rings. The topological polar surface area (TPSA) is 175 Å². The summed E-state index contributed by atoms with van der Waals surface area (Å²) >= 11 is 0. The van der Waals surface area contributed by atoms with E-state index >= 15 is 0 Å². The molecule has 0 bridgehead atoms. The van der Waals surface area contributed by atoms with Crippen LogP contribution in [0.3, 0.4) is 0 Å². The molecule has 544 valence electrons. The smallest absolute Gasteiger partial charge is 0.305 e. The van der Waals surface area contributed by atoms with Crippen LogP contribution in [0.2, 0.25) is 0 Å². The van der Waals surface area contributed by atoms with E-state index in [4.69, 9.17) is 14.2 Å². The van der Waals surface area contributed by atoms with Crippen molar-refractivity contribution in [1.82, 2.24) is 5.32 Å². The van der Waals surface area contributed by atoms with Crippen LogP contribution in [0.1, 0.15) is 418 Å². The molecule has 0 saturated carbocycles. The molecule has 0 spiro atoms. The molecule has 0 aliphatic carbocycles. The molecule has 1 heterocycles. The molecule has 0 aromatic carbocycles. The maximum Gasteiger partial charge on any atom is 0.305 e. The zero-order valence-corrected chi connectivity index (χ0v) is 60.8. The van der Waals surface area contributed by atoms with Crippen LogP contribution in [0.4, 0.5) is 0 Å². The van der Waals surface area contributed by atoms with Crippen LogP contribution >= 0.6 is 0 Å². The summed E-state index contributed by atoms with van der Waals surface area (Å²) in [6.45, 7) is 4.38. The number of unbranched alkanes of at least 4 members (excludes halogenated alkanes) is 57.